The highest BCUT2D eigenvalue weighted by atomic mass is 16.8. The summed E-state index contributed by atoms with van der Waals surface area (Å²) in [5.74, 6) is 0.198. The number of fused-ring (bicyclic) bond motifs is 2. The maximum atomic E-state index is 13.9. The molecule has 0 aromatic heterocycles. The molecule has 36 rings (SSSR count). The van der Waals surface area contributed by atoms with E-state index in [1.54, 1.807) is 0 Å². The third-order valence-corrected chi connectivity index (χ3v) is 26.4. The first-order valence-corrected chi connectivity index (χ1v) is 40.5. The highest BCUT2D eigenvalue weighted by Gasteiger charge is 2.63. The van der Waals surface area contributed by atoms with Crippen molar-refractivity contribution in [3.8, 4) is 0 Å². The summed E-state index contributed by atoms with van der Waals surface area (Å²) in [4.78, 5) is 13.9. The van der Waals surface area contributed by atoms with E-state index in [0.717, 1.165) is 50.2 Å². The summed E-state index contributed by atoms with van der Waals surface area (Å²) in [6.07, 6.45) is -78.8. The van der Waals surface area contributed by atoms with Crippen LogP contribution in [0.1, 0.15) is 58.4 Å². The minimum atomic E-state index is -2.30. The second-order valence-corrected chi connectivity index (χ2v) is 33.6. The summed E-state index contributed by atoms with van der Waals surface area (Å²) < 4.78 is 93.5. The number of rotatable bonds is 13. The third kappa shape index (κ3) is 17.4. The molecule has 2 saturated carbocycles. The average Bonchev–Trinajstić information content (AvgIpc) is 1.52. The van der Waals surface area contributed by atoms with Crippen molar-refractivity contribution in [1.29, 1.82) is 0 Å². The molecule has 2 aliphatic carbocycles. The molecule has 30 heterocycles. The topological polar surface area (TPSA) is 662 Å². The molecule has 42 nitrogen and oxygen atoms in total. The molecule has 43 atom stereocenters. The molecule has 0 unspecified atom stereocenters. The van der Waals surface area contributed by atoms with Gasteiger partial charge in [0, 0.05) is 13.0 Å². The molecule has 32 fully saturated rings. The smallest absolute Gasteiger partial charge is 0.220 e. The molecular formula is C78H113NO41. The van der Waals surface area contributed by atoms with E-state index in [4.69, 9.17) is 75.8 Å². The zero-order valence-corrected chi connectivity index (χ0v) is 65.5. The van der Waals surface area contributed by atoms with Crippen LogP contribution < -0.4 is 5.32 Å². The first-order chi connectivity index (χ1) is 57.2. The summed E-state index contributed by atoms with van der Waals surface area (Å²) >= 11 is 0. The second kappa shape index (κ2) is 38.0. The Bertz CT molecular complexity index is 3960. The van der Waals surface area contributed by atoms with Gasteiger partial charge in [0.15, 0.2) is 50.3 Å². The number of aliphatic hydroxyl groups excluding tert-OH is 24. The van der Waals surface area contributed by atoms with Gasteiger partial charge in [0.05, 0.1) is 52.4 Å². The van der Waals surface area contributed by atoms with Crippen LogP contribution in [0.5, 0.6) is 0 Å². The number of carbonyl (C=O) groups is 1. The van der Waals surface area contributed by atoms with E-state index >= 15 is 0 Å². The van der Waals surface area contributed by atoms with Crippen molar-refractivity contribution < 1.29 is 203 Å². The molecule has 1 amide bonds. The van der Waals surface area contributed by atoms with Gasteiger partial charge in [0.25, 0.3) is 0 Å². The maximum Gasteiger partial charge on any atom is 0.220 e. The van der Waals surface area contributed by atoms with E-state index in [1.807, 2.05) is 54.6 Å². The summed E-state index contributed by atoms with van der Waals surface area (Å²) in [5.41, 5.74) is 1.55. The van der Waals surface area contributed by atoms with Gasteiger partial charge in [0.2, 0.25) is 5.91 Å². The molecule has 30 aliphatic heterocycles. The van der Waals surface area contributed by atoms with Crippen molar-refractivity contribution in [3.63, 3.8) is 0 Å². The van der Waals surface area contributed by atoms with Crippen LogP contribution in [0.4, 0.5) is 0 Å². The molecule has 0 radical (unpaired) electrons. The van der Waals surface area contributed by atoms with Crippen molar-refractivity contribution in [2.45, 2.75) is 311 Å². The van der Waals surface area contributed by atoms with E-state index in [1.165, 1.54) is 12.8 Å². The van der Waals surface area contributed by atoms with E-state index in [-0.39, 0.29) is 17.9 Å². The lowest BCUT2D eigenvalue weighted by molar-refractivity contribution is -0.403. The Balaban J connectivity index is 0.000000985. The summed E-state index contributed by atoms with van der Waals surface area (Å²) in [7, 11) is 0. The molecule has 676 valence electrons. The van der Waals surface area contributed by atoms with Crippen LogP contribution in [0.2, 0.25) is 0 Å². The number of aryl methyl sites for hydroxylation is 1. The van der Waals surface area contributed by atoms with Crippen LogP contribution in [0, 0.1) is 16.7 Å². The number of hydrogen-bond acceptors (Lipinski definition) is 41. The van der Waals surface area contributed by atoms with E-state index in [9.17, 15) is 127 Å². The molecule has 0 spiro atoms. The number of nitrogens with one attached hydrogen (secondary N) is 1. The number of amides is 1. The van der Waals surface area contributed by atoms with Gasteiger partial charge < -0.3 is 204 Å². The first-order valence-electron chi connectivity index (χ1n) is 40.5. The van der Waals surface area contributed by atoms with Gasteiger partial charge in [-0.05, 0) is 86.7 Å². The molecule has 30 saturated heterocycles. The number of ether oxygens (including phenoxy) is 16. The van der Waals surface area contributed by atoms with Crippen molar-refractivity contribution in [1.82, 2.24) is 5.32 Å². The van der Waals surface area contributed by atoms with Gasteiger partial charge in [-0.1, -0.05) is 75.4 Å². The van der Waals surface area contributed by atoms with Crippen LogP contribution in [0.3, 0.4) is 0 Å². The molecule has 32 aliphatic rings. The number of carbonyl (C=O) groups excluding carboxylic acids is 1. The standard InChI is InChI=1S/C68H95NO40.C10H18O/c70-14-27-54-39(80)47(88)63(96-27)105-56-29(16-72)98-65(49(90)41(56)82)107-58-31(18-74)100-67(51(92)43(58)84)109-60-33(20-76)101-68(52(93)44(60)85)108-59-32(19-75)99-66(50(91)42(59)83)106-57-30(17-73)97-64(48(89)40(57)81)104-55-28(15-71)95-62(46(87)38(55)79)102-53-26(94-61(103-54)45(86)37(53)78)13-69-34(77)6-2-3-21-7-8-24-10-9-22-4-1-5-23-11-12-25(21)36(24)35(22)23;1-9(2)7-4-5-10(9,3)8(11)6-7/h1,4-5,7-12,26-33,37-68,70-76,78-93H,2-3,6,13-20H2,(H,69,77);7-8,11H,4-6H2,1-3H3/t26-,27-,28-,29-,30-,31-,32-,33-,37-,38-,39-,40-,41-,42-,43-,44-,45-,46-,47-,48-,49-,50-,51-,52-,53-,54-,55-,56-,57-,58-,59-,60-,61-,62-,63-,64-,65-,66-,67-,68-;7-,8+,10+/m10/s1. The summed E-state index contributed by atoms with van der Waals surface area (Å²) in [6, 6.07) is 18.1. The lowest BCUT2D eigenvalue weighted by atomic mass is 9.70. The van der Waals surface area contributed by atoms with Crippen LogP contribution >= 0.6 is 0 Å². The Hall–Kier alpha value is -4.21. The lowest BCUT2D eigenvalue weighted by Gasteiger charge is -2.50. The fourth-order valence-electron chi connectivity index (χ4n) is 18.8. The summed E-state index contributed by atoms with van der Waals surface area (Å²) in [5, 5.41) is 279. The predicted octanol–water partition coefficient (Wildman–Crippen LogP) is -10.2. The molecule has 42 heteroatoms. The number of benzene rings is 4. The Labute approximate surface area is 685 Å². The van der Waals surface area contributed by atoms with Crippen LogP contribution in [0.25, 0.3) is 32.3 Å². The quantitative estimate of drug-likeness (QED) is 0.0553. The Morgan fingerprint density at radius 3 is 0.867 bits per heavy atom. The van der Waals surface area contributed by atoms with E-state index in [2.05, 4.69) is 26.1 Å². The van der Waals surface area contributed by atoms with Crippen molar-refractivity contribution in [2.24, 2.45) is 16.7 Å². The zero-order chi connectivity index (χ0) is 86.2. The minimum absolute atomic E-state index is 0.0313. The fourth-order valence-corrected chi connectivity index (χ4v) is 18.8. The van der Waals surface area contributed by atoms with Crippen molar-refractivity contribution >= 4 is 38.2 Å². The SMILES string of the molecule is CC1(C)[C@H]2CC[C@]1(C)[C@H](O)C2.O=C(CCCc1ccc2ccc3cccc4ccc1c2c34)NC[C@H]1O[C@@H]2O[C@H]3[C@H](O)[C@@H](O)[C@@H](O[C@H]4[C@H](O)[C@@H](O)[C@@H](O[C@H]5[C@H](O)[C@@H](O)[C@@H](O[C@H]6[C@H](O)[C@@H](O)[C@@H](O[C@H]7[C@H](O)[C@@H](O)[C@@H](O[C@H]8[C@H](O)[C@@H](O)[C@@H](O[C@H]9[C@H](O)[C@@H](O)[C@@H](O[C@H]1[C@H](O)[C@H]2O)O[C@@H]9CO)O[C@@H]8CO)O[C@@H]7CO)O[C@@H]6CO)O[C@@H]5CO)O[C@@H]4CO)O[C@@H]3CO. The molecule has 25 N–H and O–H groups in total. The van der Waals surface area contributed by atoms with Crippen LogP contribution in [0.15, 0.2) is 54.6 Å². The van der Waals surface area contributed by atoms with Crippen molar-refractivity contribution in [3.05, 3.63) is 60.2 Å². The fraction of sp³-hybridized carbons (Fsp3) is 0.782. The van der Waals surface area contributed by atoms with Gasteiger partial charge in [-0.25, -0.2) is 0 Å². The average molecular weight is 1720 g/mol. The van der Waals surface area contributed by atoms with E-state index < -0.39 is 304 Å². The largest absolute Gasteiger partial charge is 0.394 e. The normalized spacial score (nSPS) is 47.7. The first kappa shape index (κ1) is 92.0. The van der Waals surface area contributed by atoms with E-state index in [0.29, 0.717) is 18.3 Å². The number of hydrogen-bond donors (Lipinski definition) is 25. The highest BCUT2D eigenvalue weighted by molar-refractivity contribution is 6.23. The second-order valence-electron chi connectivity index (χ2n) is 33.6. The van der Waals surface area contributed by atoms with Crippen LogP contribution in [-0.2, 0) is 87.0 Å². The molecule has 4 aromatic carbocycles. The highest BCUT2D eigenvalue weighted by Crippen LogP contribution is 2.65. The monoisotopic (exact) mass is 1720 g/mol. The van der Waals surface area contributed by atoms with Crippen molar-refractivity contribution in [2.75, 3.05) is 52.8 Å². The van der Waals surface area contributed by atoms with Gasteiger partial charge in [0.1, 0.15) is 195 Å². The van der Waals surface area contributed by atoms with Gasteiger partial charge >= 0.3 is 0 Å². The Morgan fingerprint density at radius 1 is 0.342 bits per heavy atom. The molecular weight excluding hydrogens is 1610 g/mol. The Morgan fingerprint density at radius 2 is 0.608 bits per heavy atom. The van der Waals surface area contributed by atoms with Gasteiger partial charge in [-0.3, -0.25) is 4.79 Å². The Kier molecular flexibility index (Phi) is 29.1. The third-order valence-electron chi connectivity index (χ3n) is 26.4. The summed E-state index contributed by atoms with van der Waals surface area (Å²) in [6.45, 7) is -1.40. The molecule has 120 heavy (non-hydrogen) atoms. The molecule has 18 bridgehead atoms. The zero-order valence-electron chi connectivity index (χ0n) is 65.5. The maximum absolute atomic E-state index is 13.9. The van der Waals surface area contributed by atoms with Crippen LogP contribution in [-0.4, -0.2) is 433 Å². The number of aliphatic hydroxyl groups is 24. The van der Waals surface area contributed by atoms with Gasteiger partial charge in [-0.2, -0.15) is 0 Å². The molecule has 4 aromatic rings. The van der Waals surface area contributed by atoms with Gasteiger partial charge in [-0.15, -0.1) is 0 Å². The lowest BCUT2D eigenvalue weighted by Crippen LogP contribution is -2.69. The predicted molar refractivity (Wildman–Crippen MR) is 395 cm³/mol. The minimum Gasteiger partial charge on any atom is -0.394 e.